The molecule has 1 amide bonds. The van der Waals surface area contributed by atoms with Crippen molar-refractivity contribution >= 4 is 21.8 Å². The zero-order valence-corrected chi connectivity index (χ0v) is 11.9. The molecule has 0 spiro atoms. The molecule has 6 heteroatoms. The van der Waals surface area contributed by atoms with E-state index < -0.39 is 0 Å². The van der Waals surface area contributed by atoms with E-state index in [1.807, 2.05) is 12.1 Å². The Hall–Kier alpha value is -0.850. The van der Waals surface area contributed by atoms with Crippen LogP contribution in [0.5, 0.6) is 0 Å². The van der Waals surface area contributed by atoms with Gasteiger partial charge in [0.2, 0.25) is 5.91 Å². The first kappa shape index (κ1) is 13.6. The van der Waals surface area contributed by atoms with Crippen molar-refractivity contribution in [3.8, 4) is 0 Å². The number of carbonyl (C=O) groups is 1. The molecule has 2 heterocycles. The van der Waals surface area contributed by atoms with Crippen LogP contribution in [-0.4, -0.2) is 43.7 Å². The molecule has 1 aliphatic rings. The summed E-state index contributed by atoms with van der Waals surface area (Å²) in [4.78, 5) is 13.6. The molecule has 5 nitrogen and oxygen atoms in total. The van der Waals surface area contributed by atoms with Gasteiger partial charge in [-0.2, -0.15) is 0 Å². The van der Waals surface area contributed by atoms with Crippen molar-refractivity contribution in [2.45, 2.75) is 19.1 Å². The molecule has 1 fully saturated rings. The SMILES string of the molecule is CN(Cc1ccc(Br)o1)C(=O)CC1CNCCO1. The van der Waals surface area contributed by atoms with Crippen LogP contribution in [0.25, 0.3) is 0 Å². The molecule has 1 aliphatic heterocycles. The Morgan fingerprint density at radius 1 is 1.61 bits per heavy atom. The van der Waals surface area contributed by atoms with Crippen LogP contribution in [0.4, 0.5) is 0 Å². The summed E-state index contributed by atoms with van der Waals surface area (Å²) < 4.78 is 11.6. The lowest BCUT2D eigenvalue weighted by atomic mass is 10.2. The predicted molar refractivity (Wildman–Crippen MR) is 70.1 cm³/mol. The van der Waals surface area contributed by atoms with Gasteiger partial charge < -0.3 is 19.4 Å². The summed E-state index contributed by atoms with van der Waals surface area (Å²) in [6.07, 6.45) is 0.391. The molecular formula is C12H17BrN2O3. The highest BCUT2D eigenvalue weighted by Gasteiger charge is 2.20. The highest BCUT2D eigenvalue weighted by molar-refractivity contribution is 9.10. The molecule has 18 heavy (non-hydrogen) atoms. The van der Waals surface area contributed by atoms with E-state index in [0.29, 0.717) is 24.2 Å². The number of nitrogens with zero attached hydrogens (tertiary/aromatic N) is 1. The number of rotatable bonds is 4. The highest BCUT2D eigenvalue weighted by Crippen LogP contribution is 2.16. The van der Waals surface area contributed by atoms with Gasteiger partial charge in [-0.1, -0.05) is 0 Å². The standard InChI is InChI=1S/C12H17BrN2O3/c1-15(8-9-2-3-11(13)18-9)12(16)6-10-7-14-4-5-17-10/h2-3,10,14H,4-8H2,1H3. The molecule has 0 aromatic carbocycles. The van der Waals surface area contributed by atoms with Crippen molar-refractivity contribution in [2.24, 2.45) is 0 Å². The van der Waals surface area contributed by atoms with Crippen LogP contribution in [0.2, 0.25) is 0 Å². The molecular weight excluding hydrogens is 300 g/mol. The average molecular weight is 317 g/mol. The Bertz CT molecular complexity index is 402. The molecule has 1 aromatic heterocycles. The molecule has 1 N–H and O–H groups in total. The largest absolute Gasteiger partial charge is 0.452 e. The van der Waals surface area contributed by atoms with Gasteiger partial charge in [0.1, 0.15) is 5.76 Å². The van der Waals surface area contributed by atoms with Crippen molar-refractivity contribution in [3.05, 3.63) is 22.6 Å². The van der Waals surface area contributed by atoms with Crippen molar-refractivity contribution in [1.82, 2.24) is 10.2 Å². The number of hydrogen-bond acceptors (Lipinski definition) is 4. The lowest BCUT2D eigenvalue weighted by Gasteiger charge is -2.25. The fourth-order valence-electron chi connectivity index (χ4n) is 1.86. The van der Waals surface area contributed by atoms with Crippen LogP contribution in [-0.2, 0) is 16.1 Å². The van der Waals surface area contributed by atoms with Crippen LogP contribution in [0.15, 0.2) is 21.2 Å². The van der Waals surface area contributed by atoms with E-state index >= 15 is 0 Å². The Morgan fingerprint density at radius 2 is 2.44 bits per heavy atom. The number of morpholine rings is 1. The third-order valence-electron chi connectivity index (χ3n) is 2.85. The summed E-state index contributed by atoms with van der Waals surface area (Å²) in [5, 5.41) is 3.21. The van der Waals surface area contributed by atoms with E-state index in [0.717, 1.165) is 18.8 Å². The Morgan fingerprint density at radius 3 is 3.06 bits per heavy atom. The number of amides is 1. The fraction of sp³-hybridized carbons (Fsp3) is 0.583. The first-order chi connectivity index (χ1) is 8.65. The van der Waals surface area contributed by atoms with E-state index in [1.54, 1.807) is 11.9 Å². The van der Waals surface area contributed by atoms with Gasteiger partial charge in [0.05, 0.1) is 25.7 Å². The van der Waals surface area contributed by atoms with Gasteiger partial charge in [-0.3, -0.25) is 4.79 Å². The van der Waals surface area contributed by atoms with E-state index in [4.69, 9.17) is 9.15 Å². The van der Waals surface area contributed by atoms with Gasteiger partial charge in [0.25, 0.3) is 0 Å². The number of nitrogens with one attached hydrogen (secondary N) is 1. The van der Waals surface area contributed by atoms with Gasteiger partial charge in [-0.05, 0) is 28.1 Å². The number of carbonyl (C=O) groups excluding carboxylic acids is 1. The third-order valence-corrected chi connectivity index (χ3v) is 3.28. The number of furan rings is 1. The smallest absolute Gasteiger partial charge is 0.225 e. The molecule has 0 aliphatic carbocycles. The minimum Gasteiger partial charge on any atom is -0.452 e. The predicted octanol–water partition coefficient (Wildman–Crippen LogP) is 1.38. The molecule has 1 aromatic rings. The number of ether oxygens (including phenoxy) is 1. The van der Waals surface area contributed by atoms with Crippen molar-refractivity contribution in [2.75, 3.05) is 26.7 Å². The van der Waals surface area contributed by atoms with Crippen molar-refractivity contribution in [1.29, 1.82) is 0 Å². The van der Waals surface area contributed by atoms with E-state index in [-0.39, 0.29) is 12.0 Å². The molecule has 0 saturated carbocycles. The van der Waals surface area contributed by atoms with Crippen molar-refractivity contribution in [3.63, 3.8) is 0 Å². The average Bonchev–Trinajstić information content (AvgIpc) is 2.76. The summed E-state index contributed by atoms with van der Waals surface area (Å²) in [5.74, 6) is 0.830. The maximum absolute atomic E-state index is 12.0. The van der Waals surface area contributed by atoms with Gasteiger partial charge in [-0.15, -0.1) is 0 Å². The second-order valence-corrected chi connectivity index (χ2v) is 5.14. The normalized spacial score (nSPS) is 19.8. The molecule has 2 rings (SSSR count). The molecule has 0 radical (unpaired) electrons. The summed E-state index contributed by atoms with van der Waals surface area (Å²) in [6.45, 7) is 2.75. The molecule has 1 unspecified atom stereocenters. The lowest BCUT2D eigenvalue weighted by Crippen LogP contribution is -2.41. The Kier molecular flexibility index (Phi) is 4.79. The Balaban J connectivity index is 1.80. The maximum Gasteiger partial charge on any atom is 0.225 e. The van der Waals surface area contributed by atoms with Crippen LogP contribution in [0.1, 0.15) is 12.2 Å². The first-order valence-electron chi connectivity index (χ1n) is 5.95. The van der Waals surface area contributed by atoms with Gasteiger partial charge in [0.15, 0.2) is 4.67 Å². The number of halogens is 1. The quantitative estimate of drug-likeness (QED) is 0.911. The van der Waals surface area contributed by atoms with E-state index in [1.165, 1.54) is 0 Å². The molecule has 1 atom stereocenters. The van der Waals surface area contributed by atoms with Crippen LogP contribution in [0.3, 0.4) is 0 Å². The zero-order valence-electron chi connectivity index (χ0n) is 10.3. The lowest BCUT2D eigenvalue weighted by molar-refractivity contribution is -0.134. The zero-order chi connectivity index (χ0) is 13.0. The van der Waals surface area contributed by atoms with Gasteiger partial charge in [-0.25, -0.2) is 0 Å². The van der Waals surface area contributed by atoms with E-state index in [2.05, 4.69) is 21.2 Å². The van der Waals surface area contributed by atoms with Crippen LogP contribution >= 0.6 is 15.9 Å². The van der Waals surface area contributed by atoms with Crippen LogP contribution in [0, 0.1) is 0 Å². The summed E-state index contributed by atoms with van der Waals surface area (Å²) >= 11 is 3.24. The topological polar surface area (TPSA) is 54.7 Å². The Labute approximate surface area is 115 Å². The summed E-state index contributed by atoms with van der Waals surface area (Å²) in [7, 11) is 1.77. The second kappa shape index (κ2) is 6.36. The minimum atomic E-state index is -0.0166. The fourth-order valence-corrected chi connectivity index (χ4v) is 2.20. The second-order valence-electron chi connectivity index (χ2n) is 4.36. The highest BCUT2D eigenvalue weighted by atomic mass is 79.9. The van der Waals surface area contributed by atoms with Crippen LogP contribution < -0.4 is 5.32 Å². The molecule has 0 bridgehead atoms. The first-order valence-corrected chi connectivity index (χ1v) is 6.75. The molecule has 100 valence electrons. The van der Waals surface area contributed by atoms with Gasteiger partial charge >= 0.3 is 0 Å². The van der Waals surface area contributed by atoms with E-state index in [9.17, 15) is 4.79 Å². The molecule has 1 saturated heterocycles. The maximum atomic E-state index is 12.0. The van der Waals surface area contributed by atoms with Gasteiger partial charge in [0, 0.05) is 20.1 Å². The summed E-state index contributed by atoms with van der Waals surface area (Å²) in [5.41, 5.74) is 0. The summed E-state index contributed by atoms with van der Waals surface area (Å²) in [6, 6.07) is 3.67. The minimum absolute atomic E-state index is 0.0166. The number of hydrogen-bond donors (Lipinski definition) is 1. The third kappa shape index (κ3) is 3.83. The monoisotopic (exact) mass is 316 g/mol. The van der Waals surface area contributed by atoms with Crippen molar-refractivity contribution < 1.29 is 13.9 Å².